The van der Waals surface area contributed by atoms with E-state index in [1.54, 1.807) is 0 Å². The zero-order chi connectivity index (χ0) is 10.1. The highest BCUT2D eigenvalue weighted by molar-refractivity contribution is 7.81. The molecule has 2 heteroatoms. The van der Waals surface area contributed by atoms with E-state index in [0.717, 1.165) is 11.3 Å². The van der Waals surface area contributed by atoms with Crippen LogP contribution < -0.4 is 4.90 Å². The predicted molar refractivity (Wildman–Crippen MR) is 65.3 cm³/mol. The third kappa shape index (κ3) is 1.46. The molecule has 1 aromatic rings. The van der Waals surface area contributed by atoms with Crippen LogP contribution in [0.1, 0.15) is 11.1 Å². The van der Waals surface area contributed by atoms with Gasteiger partial charge in [-0.15, -0.1) is 0 Å². The molecule has 1 nitrogen and oxygen atoms in total. The number of hydrogen-bond donors (Lipinski definition) is 0. The van der Waals surface area contributed by atoms with Crippen molar-refractivity contribution in [3.63, 3.8) is 0 Å². The highest BCUT2D eigenvalue weighted by Gasteiger charge is 2.13. The summed E-state index contributed by atoms with van der Waals surface area (Å²) in [7, 11) is 4.13. The standard InChI is InChI=1S/C12H13NS/c1-13(2)11-7-3-6-10-9(11)5-4-8-12(10)14/h3-4,6-8H,5H2,1-2H3. The summed E-state index contributed by atoms with van der Waals surface area (Å²) in [5.74, 6) is 0. The molecule has 0 heterocycles. The van der Waals surface area contributed by atoms with Crippen LogP contribution in [0.25, 0.3) is 0 Å². The molecule has 1 aliphatic rings. The third-order valence-corrected chi connectivity index (χ3v) is 2.85. The summed E-state index contributed by atoms with van der Waals surface area (Å²) < 4.78 is 0. The minimum Gasteiger partial charge on any atom is -0.377 e. The van der Waals surface area contributed by atoms with Crippen molar-refractivity contribution >= 4 is 22.8 Å². The molecular formula is C12H13NS. The highest BCUT2D eigenvalue weighted by Crippen LogP contribution is 2.26. The van der Waals surface area contributed by atoms with E-state index in [0.29, 0.717) is 0 Å². The van der Waals surface area contributed by atoms with Gasteiger partial charge in [0, 0.05) is 24.6 Å². The smallest absolute Gasteiger partial charge is 0.0450 e. The summed E-state index contributed by atoms with van der Waals surface area (Å²) in [5, 5.41) is 0. The Hall–Kier alpha value is -1.15. The van der Waals surface area contributed by atoms with Crippen LogP contribution in [0.2, 0.25) is 0 Å². The Morgan fingerprint density at radius 3 is 2.79 bits per heavy atom. The summed E-state index contributed by atoms with van der Waals surface area (Å²) >= 11 is 5.30. The number of fused-ring (bicyclic) bond motifs is 1. The second-order valence-electron chi connectivity index (χ2n) is 3.67. The van der Waals surface area contributed by atoms with Gasteiger partial charge in [0.25, 0.3) is 0 Å². The maximum Gasteiger partial charge on any atom is 0.0450 e. The van der Waals surface area contributed by atoms with Crippen molar-refractivity contribution < 1.29 is 0 Å². The number of rotatable bonds is 1. The Morgan fingerprint density at radius 2 is 2.07 bits per heavy atom. The van der Waals surface area contributed by atoms with E-state index in [1.165, 1.54) is 16.8 Å². The number of benzene rings is 1. The molecule has 0 saturated heterocycles. The summed E-state index contributed by atoms with van der Waals surface area (Å²) in [6, 6.07) is 6.31. The van der Waals surface area contributed by atoms with Crippen molar-refractivity contribution in [3.05, 3.63) is 41.5 Å². The summed E-state index contributed by atoms with van der Waals surface area (Å²) in [6.45, 7) is 0. The molecule has 0 unspecified atom stereocenters. The quantitative estimate of drug-likeness (QED) is 0.645. The molecule has 0 N–H and O–H groups in total. The molecule has 0 bridgehead atoms. The van der Waals surface area contributed by atoms with Crippen LogP contribution in [0.5, 0.6) is 0 Å². The minimum absolute atomic E-state index is 0.954. The van der Waals surface area contributed by atoms with Gasteiger partial charge in [-0.2, -0.15) is 0 Å². The average Bonchev–Trinajstić information content (AvgIpc) is 2.17. The molecule has 0 aliphatic heterocycles. The van der Waals surface area contributed by atoms with E-state index in [-0.39, 0.29) is 0 Å². The first-order chi connectivity index (χ1) is 6.70. The van der Waals surface area contributed by atoms with Crippen LogP contribution in [0.3, 0.4) is 0 Å². The predicted octanol–water partition coefficient (Wildman–Crippen LogP) is 2.58. The van der Waals surface area contributed by atoms with Crippen molar-refractivity contribution in [2.24, 2.45) is 0 Å². The monoisotopic (exact) mass is 203 g/mol. The van der Waals surface area contributed by atoms with Crippen LogP contribution in [0.15, 0.2) is 30.4 Å². The summed E-state index contributed by atoms with van der Waals surface area (Å²) in [4.78, 5) is 3.09. The van der Waals surface area contributed by atoms with Crippen LogP contribution >= 0.6 is 12.2 Å². The molecule has 72 valence electrons. The van der Waals surface area contributed by atoms with Gasteiger partial charge in [-0.1, -0.05) is 30.4 Å². The molecule has 0 saturated carbocycles. The lowest BCUT2D eigenvalue weighted by atomic mass is 9.95. The first-order valence-corrected chi connectivity index (χ1v) is 5.11. The maximum atomic E-state index is 5.30. The van der Waals surface area contributed by atoms with Crippen molar-refractivity contribution in [1.82, 2.24) is 0 Å². The van der Waals surface area contributed by atoms with Crippen molar-refractivity contribution in [2.75, 3.05) is 19.0 Å². The lowest BCUT2D eigenvalue weighted by Gasteiger charge is -2.21. The topological polar surface area (TPSA) is 3.24 Å². The largest absolute Gasteiger partial charge is 0.377 e. The first kappa shape index (κ1) is 9.41. The molecule has 0 radical (unpaired) electrons. The Labute approximate surface area is 90.0 Å². The van der Waals surface area contributed by atoms with Gasteiger partial charge >= 0.3 is 0 Å². The number of nitrogens with zero attached hydrogens (tertiary/aromatic N) is 1. The second-order valence-corrected chi connectivity index (χ2v) is 4.11. The van der Waals surface area contributed by atoms with E-state index in [4.69, 9.17) is 12.2 Å². The second kappa shape index (κ2) is 3.54. The zero-order valence-corrected chi connectivity index (χ0v) is 9.27. The van der Waals surface area contributed by atoms with Crippen LogP contribution in [0, 0.1) is 0 Å². The van der Waals surface area contributed by atoms with E-state index < -0.39 is 0 Å². The zero-order valence-electron chi connectivity index (χ0n) is 8.45. The van der Waals surface area contributed by atoms with Crippen LogP contribution in [0.4, 0.5) is 5.69 Å². The lowest BCUT2D eigenvalue weighted by Crippen LogP contribution is -2.15. The van der Waals surface area contributed by atoms with Crippen LogP contribution in [-0.2, 0) is 6.42 Å². The van der Waals surface area contributed by atoms with E-state index in [1.807, 2.05) is 6.08 Å². The first-order valence-electron chi connectivity index (χ1n) is 4.70. The Kier molecular flexibility index (Phi) is 2.38. The van der Waals surface area contributed by atoms with Gasteiger partial charge < -0.3 is 4.90 Å². The lowest BCUT2D eigenvalue weighted by molar-refractivity contribution is 1.09. The molecule has 0 spiro atoms. The SMILES string of the molecule is CN(C)c1cccc2c1CC=CC2=S. The molecule has 2 rings (SSSR count). The Morgan fingerprint density at radius 1 is 1.29 bits per heavy atom. The number of anilines is 1. The van der Waals surface area contributed by atoms with Crippen molar-refractivity contribution in [2.45, 2.75) is 6.42 Å². The van der Waals surface area contributed by atoms with Gasteiger partial charge in [-0.05, 0) is 29.7 Å². The van der Waals surface area contributed by atoms with Crippen molar-refractivity contribution in [1.29, 1.82) is 0 Å². The maximum absolute atomic E-state index is 5.30. The minimum atomic E-state index is 0.954. The normalized spacial score (nSPS) is 14.0. The molecule has 14 heavy (non-hydrogen) atoms. The van der Waals surface area contributed by atoms with Gasteiger partial charge in [-0.25, -0.2) is 0 Å². The summed E-state index contributed by atoms with van der Waals surface area (Å²) in [5.41, 5.74) is 3.84. The number of hydrogen-bond acceptors (Lipinski definition) is 2. The molecule has 0 fully saturated rings. The molecule has 0 atom stereocenters. The molecule has 1 aliphatic carbocycles. The van der Waals surface area contributed by atoms with Gasteiger partial charge in [0.1, 0.15) is 0 Å². The van der Waals surface area contributed by atoms with Gasteiger partial charge in [0.05, 0.1) is 0 Å². The van der Waals surface area contributed by atoms with E-state index >= 15 is 0 Å². The van der Waals surface area contributed by atoms with E-state index in [2.05, 4.69) is 43.3 Å². The molecule has 0 aromatic heterocycles. The average molecular weight is 203 g/mol. The number of thiocarbonyl (C=S) groups is 1. The molecular weight excluding hydrogens is 190 g/mol. The Balaban J connectivity index is 2.59. The van der Waals surface area contributed by atoms with E-state index in [9.17, 15) is 0 Å². The Bertz CT molecular complexity index is 405. The van der Waals surface area contributed by atoms with Gasteiger partial charge in [0.2, 0.25) is 0 Å². The fourth-order valence-corrected chi connectivity index (χ4v) is 2.10. The van der Waals surface area contributed by atoms with Crippen molar-refractivity contribution in [3.8, 4) is 0 Å². The summed E-state index contributed by atoms with van der Waals surface area (Å²) in [6.07, 6.45) is 5.15. The van der Waals surface area contributed by atoms with Crippen LogP contribution in [-0.4, -0.2) is 19.0 Å². The van der Waals surface area contributed by atoms with Gasteiger partial charge in [0.15, 0.2) is 0 Å². The number of allylic oxidation sites excluding steroid dienone is 2. The highest BCUT2D eigenvalue weighted by atomic mass is 32.1. The fraction of sp³-hybridized carbons (Fsp3) is 0.250. The molecule has 1 aromatic carbocycles. The third-order valence-electron chi connectivity index (χ3n) is 2.49. The molecule has 0 amide bonds. The fourth-order valence-electron chi connectivity index (χ4n) is 1.81. The van der Waals surface area contributed by atoms with Gasteiger partial charge in [-0.3, -0.25) is 0 Å².